The molecule has 5 atom stereocenters. The lowest BCUT2D eigenvalue weighted by Gasteiger charge is -2.50. The van der Waals surface area contributed by atoms with Gasteiger partial charge in [0.2, 0.25) is 5.91 Å². The SMILES string of the molecule is CN(C)c1ccc(O)c2c1CC1CC3[C@H](N(C)C)C(=O)C(C(N)=O)C(=O)[C@@]3(O)C=C1C2=O. The second-order valence-electron chi connectivity index (χ2n) is 9.36. The van der Waals surface area contributed by atoms with Crippen molar-refractivity contribution in [1.29, 1.82) is 0 Å². The van der Waals surface area contributed by atoms with Gasteiger partial charge in [0.05, 0.1) is 11.6 Å². The van der Waals surface area contributed by atoms with Gasteiger partial charge < -0.3 is 20.8 Å². The van der Waals surface area contributed by atoms with Crippen LogP contribution >= 0.6 is 0 Å². The van der Waals surface area contributed by atoms with E-state index in [1.165, 1.54) is 12.1 Å². The van der Waals surface area contributed by atoms with Crippen LogP contribution in [0.15, 0.2) is 23.8 Å². The fraction of sp³-hybridized carbons (Fsp3) is 0.478. The van der Waals surface area contributed by atoms with Crippen LogP contribution in [-0.2, 0) is 20.8 Å². The highest BCUT2D eigenvalue weighted by molar-refractivity contribution is 6.25. The normalized spacial score (nSPS) is 31.6. The van der Waals surface area contributed by atoms with Crippen LogP contribution in [0.1, 0.15) is 22.3 Å². The standard InChI is InChI=1S/C23H27N3O6/c1-25(2)14-5-6-15(27)16-11(14)7-10-8-13-18(26(3)4)20(29)17(22(24)31)21(30)23(13,32)9-12(10)19(16)28/h5-6,9-10,13,17-18,27,32H,7-8H2,1-4H3,(H2,24,31)/t10?,13?,17?,18-,23+/m0/s1. The molecule has 0 spiro atoms. The van der Waals surface area contributed by atoms with E-state index >= 15 is 0 Å². The minimum atomic E-state index is -2.18. The molecule has 0 saturated heterocycles. The summed E-state index contributed by atoms with van der Waals surface area (Å²) in [6.07, 6.45) is 1.81. The molecule has 9 nitrogen and oxygen atoms in total. The fourth-order valence-electron chi connectivity index (χ4n) is 5.65. The number of hydrogen-bond acceptors (Lipinski definition) is 8. The maximum atomic E-state index is 13.4. The molecule has 1 aromatic rings. The number of likely N-dealkylation sites (N-methyl/N-ethyl adjacent to an activating group) is 1. The molecule has 4 N–H and O–H groups in total. The van der Waals surface area contributed by atoms with E-state index in [2.05, 4.69) is 0 Å². The maximum Gasteiger partial charge on any atom is 0.235 e. The molecule has 1 fully saturated rings. The molecular formula is C23H27N3O6. The third-order valence-electron chi connectivity index (χ3n) is 7.06. The van der Waals surface area contributed by atoms with Crippen LogP contribution in [-0.4, -0.2) is 78.2 Å². The Bertz CT molecular complexity index is 1090. The molecule has 1 amide bonds. The first-order valence-corrected chi connectivity index (χ1v) is 10.5. The predicted octanol–water partition coefficient (Wildman–Crippen LogP) is -0.326. The number of amides is 1. The largest absolute Gasteiger partial charge is 0.507 e. The summed E-state index contributed by atoms with van der Waals surface area (Å²) >= 11 is 0. The molecule has 4 rings (SSSR count). The van der Waals surface area contributed by atoms with Gasteiger partial charge in [-0.1, -0.05) is 0 Å². The molecular weight excluding hydrogens is 414 g/mol. The van der Waals surface area contributed by atoms with Crippen molar-refractivity contribution < 1.29 is 29.4 Å². The van der Waals surface area contributed by atoms with E-state index in [9.17, 15) is 29.4 Å². The summed E-state index contributed by atoms with van der Waals surface area (Å²) < 4.78 is 0. The Labute approximate surface area is 185 Å². The quantitative estimate of drug-likeness (QED) is 0.542. The lowest BCUT2D eigenvalue weighted by molar-refractivity contribution is -0.164. The molecule has 3 aliphatic carbocycles. The highest BCUT2D eigenvalue weighted by atomic mass is 16.3. The molecule has 170 valence electrons. The molecule has 0 bridgehead atoms. The number of nitrogens with two attached hydrogens (primary N) is 1. The highest BCUT2D eigenvalue weighted by Gasteiger charge is 2.62. The monoisotopic (exact) mass is 441 g/mol. The van der Waals surface area contributed by atoms with Gasteiger partial charge in [0.15, 0.2) is 23.3 Å². The summed E-state index contributed by atoms with van der Waals surface area (Å²) in [5.41, 5.74) is 5.00. The summed E-state index contributed by atoms with van der Waals surface area (Å²) in [4.78, 5) is 55.0. The van der Waals surface area contributed by atoms with E-state index in [0.717, 1.165) is 5.69 Å². The van der Waals surface area contributed by atoms with Crippen molar-refractivity contribution in [3.63, 3.8) is 0 Å². The Morgan fingerprint density at radius 2 is 1.81 bits per heavy atom. The molecule has 0 aromatic heterocycles. The van der Waals surface area contributed by atoms with Crippen molar-refractivity contribution in [2.75, 3.05) is 33.1 Å². The second-order valence-corrected chi connectivity index (χ2v) is 9.36. The number of phenolic OH excluding ortho intramolecular Hbond substituents is 1. The minimum absolute atomic E-state index is 0.149. The number of aliphatic hydroxyl groups is 1. The highest BCUT2D eigenvalue weighted by Crippen LogP contribution is 2.50. The topological polar surface area (TPSA) is 141 Å². The van der Waals surface area contributed by atoms with Gasteiger partial charge in [-0.05, 0) is 56.6 Å². The van der Waals surface area contributed by atoms with Gasteiger partial charge in [-0.15, -0.1) is 0 Å². The molecule has 3 unspecified atom stereocenters. The smallest absolute Gasteiger partial charge is 0.235 e. The second kappa shape index (κ2) is 7.25. The number of aromatic hydroxyl groups is 1. The third kappa shape index (κ3) is 2.91. The van der Waals surface area contributed by atoms with Crippen molar-refractivity contribution in [1.82, 2.24) is 4.90 Å². The van der Waals surface area contributed by atoms with Crippen LogP contribution in [0.4, 0.5) is 5.69 Å². The minimum Gasteiger partial charge on any atom is -0.507 e. The van der Waals surface area contributed by atoms with Crippen molar-refractivity contribution in [2.24, 2.45) is 23.5 Å². The first-order chi connectivity index (χ1) is 14.9. The Hall–Kier alpha value is -3.04. The molecule has 0 radical (unpaired) electrons. The van der Waals surface area contributed by atoms with Crippen LogP contribution in [0.2, 0.25) is 0 Å². The Balaban J connectivity index is 1.90. The van der Waals surface area contributed by atoms with Crippen LogP contribution in [0.3, 0.4) is 0 Å². The molecule has 9 heteroatoms. The number of phenols is 1. The molecule has 0 heterocycles. The summed E-state index contributed by atoms with van der Waals surface area (Å²) in [5, 5.41) is 21.9. The number of Topliss-reactive ketones (excluding diaryl/α,β-unsaturated/α-hetero) is 3. The van der Waals surface area contributed by atoms with Crippen LogP contribution in [0.25, 0.3) is 0 Å². The van der Waals surface area contributed by atoms with Crippen molar-refractivity contribution in [3.8, 4) is 5.75 Å². The Morgan fingerprint density at radius 1 is 1.16 bits per heavy atom. The number of carbonyl (C=O) groups excluding carboxylic acids is 4. The van der Waals surface area contributed by atoms with Crippen LogP contribution in [0, 0.1) is 17.8 Å². The number of allylic oxidation sites excluding steroid dienone is 1. The zero-order valence-electron chi connectivity index (χ0n) is 18.5. The summed E-state index contributed by atoms with van der Waals surface area (Å²) in [6, 6.07) is 2.27. The van der Waals surface area contributed by atoms with E-state index in [0.29, 0.717) is 12.0 Å². The first-order valence-electron chi connectivity index (χ1n) is 10.5. The van der Waals surface area contributed by atoms with E-state index in [-0.39, 0.29) is 29.2 Å². The summed E-state index contributed by atoms with van der Waals surface area (Å²) in [7, 11) is 6.96. The lowest BCUT2D eigenvalue weighted by Crippen LogP contribution is -2.68. The van der Waals surface area contributed by atoms with Crippen LogP contribution < -0.4 is 10.6 Å². The van der Waals surface area contributed by atoms with Gasteiger partial charge in [0.25, 0.3) is 0 Å². The average Bonchev–Trinajstić information content (AvgIpc) is 2.68. The van der Waals surface area contributed by atoms with Gasteiger partial charge in [-0.3, -0.25) is 24.1 Å². The number of anilines is 1. The molecule has 1 aromatic carbocycles. The maximum absolute atomic E-state index is 13.4. The number of hydrogen-bond donors (Lipinski definition) is 3. The van der Waals surface area contributed by atoms with Gasteiger partial charge >= 0.3 is 0 Å². The van der Waals surface area contributed by atoms with Crippen molar-refractivity contribution >= 4 is 28.9 Å². The van der Waals surface area contributed by atoms with E-state index in [4.69, 9.17) is 5.73 Å². The van der Waals surface area contributed by atoms with Gasteiger partial charge in [-0.2, -0.15) is 0 Å². The van der Waals surface area contributed by atoms with E-state index < -0.39 is 46.7 Å². The Kier molecular flexibility index (Phi) is 5.02. The fourth-order valence-corrected chi connectivity index (χ4v) is 5.65. The van der Waals surface area contributed by atoms with Gasteiger partial charge in [0, 0.05) is 31.3 Å². The molecule has 3 aliphatic rings. The zero-order chi connectivity index (χ0) is 23.7. The first kappa shape index (κ1) is 22.2. The van der Waals surface area contributed by atoms with Crippen LogP contribution in [0.5, 0.6) is 5.75 Å². The number of rotatable bonds is 3. The molecule has 0 aliphatic heterocycles. The van der Waals surface area contributed by atoms with Gasteiger partial charge in [-0.25, -0.2) is 0 Å². The number of nitrogens with zero attached hydrogens (tertiary/aromatic N) is 2. The van der Waals surface area contributed by atoms with E-state index in [1.54, 1.807) is 25.1 Å². The summed E-state index contributed by atoms with van der Waals surface area (Å²) in [5.74, 6) is -6.35. The number of primary amides is 1. The molecule has 32 heavy (non-hydrogen) atoms. The number of carbonyl (C=O) groups is 4. The van der Waals surface area contributed by atoms with E-state index in [1.807, 2.05) is 19.0 Å². The van der Waals surface area contributed by atoms with Crippen molar-refractivity contribution in [3.05, 3.63) is 34.9 Å². The van der Waals surface area contributed by atoms with Crippen molar-refractivity contribution in [2.45, 2.75) is 24.5 Å². The lowest BCUT2D eigenvalue weighted by atomic mass is 9.57. The Morgan fingerprint density at radius 3 is 2.38 bits per heavy atom. The third-order valence-corrected chi connectivity index (χ3v) is 7.06. The average molecular weight is 441 g/mol. The zero-order valence-corrected chi connectivity index (χ0v) is 18.5. The predicted molar refractivity (Wildman–Crippen MR) is 115 cm³/mol. The van der Waals surface area contributed by atoms with Gasteiger partial charge in [0.1, 0.15) is 11.4 Å². The number of ketones is 3. The number of benzene rings is 1. The molecule has 1 saturated carbocycles. The number of fused-ring (bicyclic) bond motifs is 3. The summed E-state index contributed by atoms with van der Waals surface area (Å²) in [6.45, 7) is 0.